The fraction of sp³-hybridized carbons (Fsp3) is 0.316. The molecule has 0 bridgehead atoms. The first kappa shape index (κ1) is 16.9. The summed E-state index contributed by atoms with van der Waals surface area (Å²) in [5, 5.41) is 2.93. The van der Waals surface area contributed by atoms with Gasteiger partial charge in [-0.2, -0.15) is 0 Å². The second-order valence-corrected chi connectivity index (χ2v) is 6.34. The molecule has 0 unspecified atom stereocenters. The summed E-state index contributed by atoms with van der Waals surface area (Å²) in [7, 11) is 1.55. The van der Waals surface area contributed by atoms with Crippen LogP contribution in [-0.4, -0.2) is 18.6 Å². The molecule has 23 heavy (non-hydrogen) atoms. The minimum absolute atomic E-state index is 0.163. The molecule has 0 atom stereocenters. The smallest absolute Gasteiger partial charge is 0.255 e. The molecular formula is C19H23NO3. The molecule has 2 aromatic carbocycles. The molecule has 0 heterocycles. The summed E-state index contributed by atoms with van der Waals surface area (Å²) < 4.78 is 11.1. The Morgan fingerprint density at radius 2 is 1.78 bits per heavy atom. The van der Waals surface area contributed by atoms with Crippen LogP contribution in [0.1, 0.15) is 36.7 Å². The zero-order valence-corrected chi connectivity index (χ0v) is 14.1. The minimum Gasteiger partial charge on any atom is -0.496 e. The highest BCUT2D eigenvalue weighted by Crippen LogP contribution is 2.25. The predicted octanol–water partition coefficient (Wildman–Crippen LogP) is 3.80. The van der Waals surface area contributed by atoms with Crippen LogP contribution in [0.25, 0.3) is 0 Å². The van der Waals surface area contributed by atoms with Gasteiger partial charge in [-0.15, -0.1) is 0 Å². The van der Waals surface area contributed by atoms with Crippen molar-refractivity contribution in [3.8, 4) is 11.5 Å². The van der Waals surface area contributed by atoms with E-state index in [0.717, 1.165) is 5.56 Å². The summed E-state index contributed by atoms with van der Waals surface area (Å²) in [6.07, 6.45) is 0. The van der Waals surface area contributed by atoms with E-state index in [1.54, 1.807) is 25.3 Å². The third-order valence-electron chi connectivity index (χ3n) is 3.15. The van der Waals surface area contributed by atoms with Crippen LogP contribution in [0.5, 0.6) is 11.5 Å². The maximum atomic E-state index is 12.3. The molecule has 0 aliphatic rings. The van der Waals surface area contributed by atoms with Gasteiger partial charge < -0.3 is 14.8 Å². The van der Waals surface area contributed by atoms with Crippen molar-refractivity contribution in [2.45, 2.75) is 32.9 Å². The number of hydrogen-bond donors (Lipinski definition) is 1. The highest BCUT2D eigenvalue weighted by molar-refractivity contribution is 5.97. The number of ether oxygens (including phenoxy) is 2. The lowest BCUT2D eigenvalue weighted by Gasteiger charge is -2.21. The van der Waals surface area contributed by atoms with E-state index in [-0.39, 0.29) is 11.4 Å². The van der Waals surface area contributed by atoms with E-state index in [9.17, 15) is 4.79 Å². The maximum absolute atomic E-state index is 12.3. The van der Waals surface area contributed by atoms with Crippen molar-refractivity contribution in [1.82, 2.24) is 5.32 Å². The van der Waals surface area contributed by atoms with Gasteiger partial charge in [0.2, 0.25) is 0 Å². The van der Waals surface area contributed by atoms with E-state index in [0.29, 0.717) is 23.7 Å². The van der Waals surface area contributed by atoms with Crippen molar-refractivity contribution in [3.63, 3.8) is 0 Å². The Labute approximate surface area is 137 Å². The Hall–Kier alpha value is -2.49. The SMILES string of the molecule is COc1cc(OCc2ccccc2)ccc1C(=O)NC(C)(C)C. The summed E-state index contributed by atoms with van der Waals surface area (Å²) in [5.41, 5.74) is 1.28. The molecule has 2 rings (SSSR count). The van der Waals surface area contributed by atoms with Crippen LogP contribution in [0.4, 0.5) is 0 Å². The summed E-state index contributed by atoms with van der Waals surface area (Å²) in [4.78, 5) is 12.3. The van der Waals surface area contributed by atoms with Gasteiger partial charge in [0, 0.05) is 11.6 Å². The fourth-order valence-electron chi connectivity index (χ4n) is 2.10. The van der Waals surface area contributed by atoms with Gasteiger partial charge in [0.05, 0.1) is 12.7 Å². The van der Waals surface area contributed by atoms with E-state index in [1.807, 2.05) is 51.1 Å². The number of carbonyl (C=O) groups is 1. The molecule has 0 saturated heterocycles. The third kappa shape index (κ3) is 5.02. The maximum Gasteiger partial charge on any atom is 0.255 e. The Kier molecular flexibility index (Phi) is 5.27. The molecular weight excluding hydrogens is 290 g/mol. The van der Waals surface area contributed by atoms with Gasteiger partial charge in [-0.3, -0.25) is 4.79 Å². The van der Waals surface area contributed by atoms with Crippen molar-refractivity contribution in [2.24, 2.45) is 0 Å². The van der Waals surface area contributed by atoms with Crippen LogP contribution in [0, 0.1) is 0 Å². The molecule has 0 fully saturated rings. The molecule has 0 aliphatic heterocycles. The molecule has 0 spiro atoms. The molecule has 4 heteroatoms. The average Bonchev–Trinajstić information content (AvgIpc) is 2.52. The third-order valence-corrected chi connectivity index (χ3v) is 3.15. The highest BCUT2D eigenvalue weighted by atomic mass is 16.5. The van der Waals surface area contributed by atoms with E-state index >= 15 is 0 Å². The number of methoxy groups -OCH3 is 1. The molecule has 2 aromatic rings. The van der Waals surface area contributed by atoms with Gasteiger partial charge in [0.25, 0.3) is 5.91 Å². The summed E-state index contributed by atoms with van der Waals surface area (Å²) in [5.74, 6) is 0.999. The summed E-state index contributed by atoms with van der Waals surface area (Å²) in [6, 6.07) is 15.2. The zero-order chi connectivity index (χ0) is 16.9. The molecule has 4 nitrogen and oxygen atoms in total. The van der Waals surface area contributed by atoms with Crippen molar-refractivity contribution in [3.05, 3.63) is 59.7 Å². The number of carbonyl (C=O) groups excluding carboxylic acids is 1. The Bertz CT molecular complexity index is 660. The lowest BCUT2D eigenvalue weighted by molar-refractivity contribution is 0.0916. The Balaban J connectivity index is 2.11. The topological polar surface area (TPSA) is 47.6 Å². The Morgan fingerprint density at radius 3 is 2.39 bits per heavy atom. The van der Waals surface area contributed by atoms with Crippen molar-refractivity contribution >= 4 is 5.91 Å². The van der Waals surface area contributed by atoms with E-state index in [2.05, 4.69) is 5.32 Å². The molecule has 0 radical (unpaired) electrons. The number of amides is 1. The lowest BCUT2D eigenvalue weighted by Crippen LogP contribution is -2.40. The van der Waals surface area contributed by atoms with Gasteiger partial charge in [-0.25, -0.2) is 0 Å². The molecule has 0 aromatic heterocycles. The van der Waals surface area contributed by atoms with Crippen LogP contribution < -0.4 is 14.8 Å². The number of rotatable bonds is 5. The van der Waals surface area contributed by atoms with Crippen molar-refractivity contribution in [2.75, 3.05) is 7.11 Å². The Morgan fingerprint density at radius 1 is 1.09 bits per heavy atom. The normalized spacial score (nSPS) is 11.0. The first-order valence-electron chi connectivity index (χ1n) is 7.56. The van der Waals surface area contributed by atoms with Crippen LogP contribution in [0.15, 0.2) is 48.5 Å². The predicted molar refractivity (Wildman–Crippen MR) is 91.0 cm³/mol. The second kappa shape index (κ2) is 7.18. The molecule has 122 valence electrons. The highest BCUT2D eigenvalue weighted by Gasteiger charge is 2.19. The van der Waals surface area contributed by atoms with Gasteiger partial charge >= 0.3 is 0 Å². The van der Waals surface area contributed by atoms with Gasteiger partial charge in [0.15, 0.2) is 0 Å². The molecule has 1 amide bonds. The lowest BCUT2D eigenvalue weighted by atomic mass is 10.1. The molecule has 1 N–H and O–H groups in total. The largest absolute Gasteiger partial charge is 0.496 e. The monoisotopic (exact) mass is 313 g/mol. The summed E-state index contributed by atoms with van der Waals surface area (Å²) >= 11 is 0. The fourth-order valence-corrected chi connectivity index (χ4v) is 2.10. The number of nitrogens with one attached hydrogen (secondary N) is 1. The van der Waals surface area contributed by atoms with E-state index < -0.39 is 0 Å². The van der Waals surface area contributed by atoms with Gasteiger partial charge in [0.1, 0.15) is 18.1 Å². The van der Waals surface area contributed by atoms with Gasteiger partial charge in [-0.05, 0) is 38.5 Å². The minimum atomic E-state index is -0.301. The second-order valence-electron chi connectivity index (χ2n) is 6.34. The molecule has 0 aliphatic carbocycles. The van der Waals surface area contributed by atoms with Crippen molar-refractivity contribution < 1.29 is 14.3 Å². The van der Waals surface area contributed by atoms with Crippen LogP contribution in [0.3, 0.4) is 0 Å². The van der Waals surface area contributed by atoms with Gasteiger partial charge in [-0.1, -0.05) is 30.3 Å². The van der Waals surface area contributed by atoms with Crippen LogP contribution >= 0.6 is 0 Å². The summed E-state index contributed by atoms with van der Waals surface area (Å²) in [6.45, 7) is 6.29. The number of benzene rings is 2. The van der Waals surface area contributed by atoms with Crippen LogP contribution in [0.2, 0.25) is 0 Å². The zero-order valence-electron chi connectivity index (χ0n) is 14.1. The van der Waals surface area contributed by atoms with Crippen molar-refractivity contribution in [1.29, 1.82) is 0 Å². The molecule has 0 saturated carbocycles. The standard InChI is InChI=1S/C19H23NO3/c1-19(2,3)20-18(21)16-11-10-15(12-17(16)22-4)23-13-14-8-6-5-7-9-14/h5-12H,13H2,1-4H3,(H,20,21). The number of hydrogen-bond acceptors (Lipinski definition) is 3. The van der Waals surface area contributed by atoms with E-state index in [4.69, 9.17) is 9.47 Å². The van der Waals surface area contributed by atoms with E-state index in [1.165, 1.54) is 0 Å². The quantitative estimate of drug-likeness (QED) is 0.913. The first-order chi connectivity index (χ1) is 10.9. The first-order valence-corrected chi connectivity index (χ1v) is 7.56. The average molecular weight is 313 g/mol. The van der Waals surface area contributed by atoms with Crippen LogP contribution in [-0.2, 0) is 6.61 Å².